The predicted molar refractivity (Wildman–Crippen MR) is 64.3 cm³/mol. The van der Waals surface area contributed by atoms with Crippen molar-refractivity contribution in [3.63, 3.8) is 0 Å². The Morgan fingerprint density at radius 3 is 2.82 bits per heavy atom. The molecule has 0 saturated carbocycles. The van der Waals surface area contributed by atoms with Gasteiger partial charge in [0.15, 0.2) is 5.82 Å². The minimum absolute atomic E-state index is 0.00611. The van der Waals surface area contributed by atoms with Crippen LogP contribution in [0.25, 0.3) is 0 Å². The average molecular weight is 301 g/mol. The van der Waals surface area contributed by atoms with Crippen molar-refractivity contribution in [1.82, 2.24) is 0 Å². The smallest absolute Gasteiger partial charge is 0.340 e. The summed E-state index contributed by atoms with van der Waals surface area (Å²) in [5.74, 6) is -1.35. The first kappa shape index (κ1) is 13.5. The summed E-state index contributed by atoms with van der Waals surface area (Å²) in [6.07, 6.45) is 0. The molecule has 6 heteroatoms. The van der Waals surface area contributed by atoms with E-state index in [1.807, 2.05) is 0 Å². The van der Waals surface area contributed by atoms with E-state index in [-0.39, 0.29) is 27.9 Å². The number of halogens is 2. The minimum atomic E-state index is -0.686. The molecule has 0 radical (unpaired) electrons. The number of nitriles is 1. The number of benzene rings is 1. The third kappa shape index (κ3) is 2.56. The average Bonchev–Trinajstić information content (AvgIpc) is 2.32. The normalized spacial score (nSPS) is 9.59. The van der Waals surface area contributed by atoms with Gasteiger partial charge in [-0.3, -0.25) is 0 Å². The molecule has 4 nitrogen and oxygen atoms in total. The Labute approximate surface area is 107 Å². The zero-order valence-electron chi connectivity index (χ0n) is 9.30. The maximum atomic E-state index is 13.8. The Bertz CT molecular complexity index is 497. The maximum absolute atomic E-state index is 13.8. The molecular weight excluding hydrogens is 291 g/mol. The van der Waals surface area contributed by atoms with E-state index >= 15 is 0 Å². The van der Waals surface area contributed by atoms with Crippen LogP contribution in [0.3, 0.4) is 0 Å². The molecule has 1 N–H and O–H groups in total. The summed E-state index contributed by atoms with van der Waals surface area (Å²) in [5, 5.41) is 11.4. The van der Waals surface area contributed by atoms with Gasteiger partial charge in [-0.2, -0.15) is 5.26 Å². The van der Waals surface area contributed by atoms with Gasteiger partial charge in [0.1, 0.15) is 6.07 Å². The van der Waals surface area contributed by atoms with Gasteiger partial charge < -0.3 is 10.1 Å². The summed E-state index contributed by atoms with van der Waals surface area (Å²) >= 11 is 2.96. The molecule has 1 rings (SSSR count). The Morgan fingerprint density at radius 1 is 1.71 bits per heavy atom. The van der Waals surface area contributed by atoms with Crippen molar-refractivity contribution >= 4 is 27.6 Å². The summed E-state index contributed by atoms with van der Waals surface area (Å²) < 4.78 is 18.7. The van der Waals surface area contributed by atoms with Crippen LogP contribution in [0.15, 0.2) is 10.5 Å². The lowest BCUT2D eigenvalue weighted by molar-refractivity contribution is 0.0527. The first-order chi connectivity index (χ1) is 8.06. The first-order valence-corrected chi connectivity index (χ1v) is 5.63. The van der Waals surface area contributed by atoms with Crippen molar-refractivity contribution in [2.24, 2.45) is 0 Å². The molecule has 0 aliphatic rings. The molecule has 1 aromatic carbocycles. The molecule has 0 aliphatic heterocycles. The molecule has 90 valence electrons. The zero-order chi connectivity index (χ0) is 13.0. The molecule has 0 aliphatic carbocycles. The molecule has 0 aromatic heterocycles. The summed E-state index contributed by atoms with van der Waals surface area (Å²) in [6.45, 7) is 1.83. The lowest BCUT2D eigenvalue weighted by Crippen LogP contribution is -2.10. The van der Waals surface area contributed by atoms with Crippen LogP contribution in [0.4, 0.5) is 10.1 Å². The van der Waals surface area contributed by atoms with Crippen LogP contribution in [0.5, 0.6) is 0 Å². The van der Waals surface area contributed by atoms with Gasteiger partial charge in [-0.25, -0.2) is 9.18 Å². The van der Waals surface area contributed by atoms with Crippen LogP contribution in [-0.2, 0) is 4.74 Å². The van der Waals surface area contributed by atoms with Gasteiger partial charge in [0, 0.05) is 7.05 Å². The molecule has 0 bridgehead atoms. The molecule has 0 amide bonds. The lowest BCUT2D eigenvalue weighted by Gasteiger charge is -2.11. The predicted octanol–water partition coefficient (Wildman–Crippen LogP) is 2.68. The highest BCUT2D eigenvalue weighted by Gasteiger charge is 2.21. The number of nitrogens with zero attached hydrogens (tertiary/aromatic N) is 1. The number of anilines is 1. The van der Waals surface area contributed by atoms with Crippen LogP contribution in [-0.4, -0.2) is 19.6 Å². The number of esters is 1. The van der Waals surface area contributed by atoms with E-state index in [9.17, 15) is 9.18 Å². The van der Waals surface area contributed by atoms with E-state index in [4.69, 9.17) is 10.00 Å². The Morgan fingerprint density at radius 2 is 2.35 bits per heavy atom. The van der Waals surface area contributed by atoms with Gasteiger partial charge in [0.05, 0.1) is 27.9 Å². The van der Waals surface area contributed by atoms with Gasteiger partial charge in [-0.1, -0.05) is 0 Å². The number of hydrogen-bond donors (Lipinski definition) is 1. The van der Waals surface area contributed by atoms with E-state index in [1.54, 1.807) is 13.0 Å². The summed E-state index contributed by atoms with van der Waals surface area (Å²) in [6, 6.07) is 3.09. The molecule has 0 saturated heterocycles. The van der Waals surface area contributed by atoms with Crippen molar-refractivity contribution in [2.45, 2.75) is 6.92 Å². The SMILES string of the molecule is CCOC(=O)c1cc(C#N)c(Br)c(F)c1NC. The summed E-state index contributed by atoms with van der Waals surface area (Å²) in [5.41, 5.74) is 0.0606. The van der Waals surface area contributed by atoms with Gasteiger partial charge in [-0.05, 0) is 28.9 Å². The second-order valence-corrected chi connectivity index (χ2v) is 3.85. The Hall–Kier alpha value is -1.61. The third-order valence-electron chi connectivity index (χ3n) is 2.07. The van der Waals surface area contributed by atoms with E-state index in [0.29, 0.717) is 0 Å². The van der Waals surface area contributed by atoms with Gasteiger partial charge in [-0.15, -0.1) is 0 Å². The van der Waals surface area contributed by atoms with Crippen LogP contribution in [0, 0.1) is 17.1 Å². The number of ether oxygens (including phenoxy) is 1. The molecule has 0 heterocycles. The van der Waals surface area contributed by atoms with E-state index in [0.717, 1.165) is 0 Å². The fourth-order valence-corrected chi connectivity index (χ4v) is 1.72. The number of carbonyl (C=O) groups excluding carboxylic acids is 1. The zero-order valence-corrected chi connectivity index (χ0v) is 10.9. The highest BCUT2D eigenvalue weighted by molar-refractivity contribution is 9.10. The highest BCUT2D eigenvalue weighted by Crippen LogP contribution is 2.30. The number of carbonyl (C=O) groups is 1. The van der Waals surface area contributed by atoms with Crippen LogP contribution >= 0.6 is 15.9 Å². The lowest BCUT2D eigenvalue weighted by atomic mass is 10.1. The Kier molecular flexibility index (Phi) is 4.46. The van der Waals surface area contributed by atoms with E-state index in [2.05, 4.69) is 21.2 Å². The third-order valence-corrected chi connectivity index (χ3v) is 2.85. The van der Waals surface area contributed by atoms with Crippen LogP contribution in [0.2, 0.25) is 0 Å². The monoisotopic (exact) mass is 300 g/mol. The van der Waals surface area contributed by atoms with Gasteiger partial charge >= 0.3 is 5.97 Å². The molecule has 17 heavy (non-hydrogen) atoms. The van der Waals surface area contributed by atoms with Crippen molar-refractivity contribution < 1.29 is 13.9 Å². The van der Waals surface area contributed by atoms with E-state index < -0.39 is 11.8 Å². The van der Waals surface area contributed by atoms with Gasteiger partial charge in [0.25, 0.3) is 0 Å². The van der Waals surface area contributed by atoms with Crippen molar-refractivity contribution in [3.05, 3.63) is 27.5 Å². The van der Waals surface area contributed by atoms with Crippen molar-refractivity contribution in [2.75, 3.05) is 19.0 Å². The van der Waals surface area contributed by atoms with Crippen molar-refractivity contribution in [3.8, 4) is 6.07 Å². The van der Waals surface area contributed by atoms with E-state index in [1.165, 1.54) is 13.1 Å². The number of rotatable bonds is 3. The molecule has 0 unspecified atom stereocenters. The number of hydrogen-bond acceptors (Lipinski definition) is 4. The van der Waals surface area contributed by atoms with Gasteiger partial charge in [0.2, 0.25) is 0 Å². The quantitative estimate of drug-likeness (QED) is 0.872. The molecular formula is C11H10BrFN2O2. The summed E-state index contributed by atoms with van der Waals surface area (Å²) in [7, 11) is 1.49. The molecule has 0 spiro atoms. The second kappa shape index (κ2) is 5.64. The first-order valence-electron chi connectivity index (χ1n) is 4.83. The molecule has 0 fully saturated rings. The second-order valence-electron chi connectivity index (χ2n) is 3.06. The molecule has 1 aromatic rings. The largest absolute Gasteiger partial charge is 0.462 e. The number of nitrogens with one attached hydrogen (secondary N) is 1. The topological polar surface area (TPSA) is 62.1 Å². The fraction of sp³-hybridized carbons (Fsp3) is 0.273. The summed E-state index contributed by atoms with van der Waals surface area (Å²) in [4.78, 5) is 11.6. The van der Waals surface area contributed by atoms with Crippen LogP contribution < -0.4 is 5.32 Å². The fourth-order valence-electron chi connectivity index (χ4n) is 1.32. The minimum Gasteiger partial charge on any atom is -0.462 e. The van der Waals surface area contributed by atoms with Crippen molar-refractivity contribution in [1.29, 1.82) is 5.26 Å². The maximum Gasteiger partial charge on any atom is 0.340 e. The Balaban J connectivity index is 3.44. The van der Waals surface area contributed by atoms with Crippen LogP contribution in [0.1, 0.15) is 22.8 Å². The highest BCUT2D eigenvalue weighted by atomic mass is 79.9. The molecule has 0 atom stereocenters. The standard InChI is InChI=1S/C11H10BrFN2O2/c1-3-17-11(16)7-4-6(5-14)8(12)9(13)10(7)15-2/h4,15H,3H2,1-2H3.